The monoisotopic (exact) mass is 296 g/mol. The summed E-state index contributed by atoms with van der Waals surface area (Å²) in [5, 5.41) is 29.1. The van der Waals surface area contributed by atoms with E-state index in [1.165, 1.54) is 17.2 Å². The molecule has 0 saturated carbocycles. The zero-order chi connectivity index (χ0) is 15.1. The molecule has 0 spiro atoms. The highest BCUT2D eigenvalue weighted by atomic mass is 16.6. The highest BCUT2D eigenvalue weighted by Gasteiger charge is 2.44. The van der Waals surface area contributed by atoms with Crippen molar-refractivity contribution in [1.29, 1.82) is 0 Å². The minimum atomic E-state index is -1.17. The molecule has 1 saturated heterocycles. The lowest BCUT2D eigenvalue weighted by Gasteiger charge is -2.17. The Bertz CT molecular complexity index is 646. The van der Waals surface area contributed by atoms with Gasteiger partial charge in [-0.1, -0.05) is 0 Å². The normalized spacial score (nSPS) is 29.2. The summed E-state index contributed by atoms with van der Waals surface area (Å²) in [5.41, 5.74) is 1.06. The van der Waals surface area contributed by atoms with Gasteiger partial charge in [-0.15, -0.1) is 0 Å². The minimum Gasteiger partial charge on any atom is -0.394 e. The molecule has 9 nitrogen and oxygen atoms in total. The number of fused-ring (bicyclic) bond motifs is 1. The van der Waals surface area contributed by atoms with Crippen LogP contribution in [0.2, 0.25) is 0 Å². The highest BCUT2D eigenvalue weighted by Crippen LogP contribution is 2.32. The van der Waals surface area contributed by atoms with Crippen molar-refractivity contribution in [3.8, 4) is 0 Å². The Morgan fingerprint density at radius 3 is 2.62 bits per heavy atom. The maximum Gasteiger partial charge on any atom is 0.167 e. The number of aliphatic hydroxyl groups is 3. The Labute approximate surface area is 120 Å². The van der Waals surface area contributed by atoms with Crippen molar-refractivity contribution in [2.24, 2.45) is 0 Å². The Morgan fingerprint density at radius 1 is 1.24 bits per heavy atom. The van der Waals surface area contributed by atoms with Crippen LogP contribution in [0.3, 0.4) is 0 Å². The number of hydrogen-bond donors (Lipinski definition) is 3. The van der Waals surface area contributed by atoms with Crippen molar-refractivity contribution >= 4 is 17.0 Å². The van der Waals surface area contributed by atoms with Crippen LogP contribution in [0.15, 0.2) is 12.7 Å². The summed E-state index contributed by atoms with van der Waals surface area (Å²) in [4.78, 5) is 14.4. The first-order valence-corrected chi connectivity index (χ1v) is 6.52. The fourth-order valence-electron chi connectivity index (χ4n) is 2.46. The summed E-state index contributed by atoms with van der Waals surface area (Å²) in [6.07, 6.45) is -1.14. The van der Waals surface area contributed by atoms with E-state index in [1.54, 1.807) is 4.90 Å². The van der Waals surface area contributed by atoms with E-state index in [9.17, 15) is 10.2 Å². The van der Waals surface area contributed by atoms with Gasteiger partial charge in [-0.3, -0.25) is 4.57 Å². The number of hydrogen-bond acceptors (Lipinski definition) is 8. The van der Waals surface area contributed by atoms with E-state index in [0.717, 1.165) is 0 Å². The molecule has 0 bridgehead atoms. The predicted octanol–water partition coefficient (Wildman–Crippen LogP) is -1.50. The van der Waals surface area contributed by atoms with Gasteiger partial charge in [-0.25, -0.2) is 15.0 Å². The van der Waals surface area contributed by atoms with Crippen molar-refractivity contribution in [1.82, 2.24) is 19.5 Å². The molecule has 21 heavy (non-hydrogen) atoms. The summed E-state index contributed by atoms with van der Waals surface area (Å²) in [7, 11) is 3.68. The van der Waals surface area contributed by atoms with Gasteiger partial charge in [-0.05, 0) is 0 Å². The summed E-state index contributed by atoms with van der Waals surface area (Å²) in [6, 6.07) is 0. The lowest BCUT2D eigenvalue weighted by Crippen LogP contribution is -2.33. The molecule has 3 rings (SSSR count). The van der Waals surface area contributed by atoms with Crippen LogP contribution < -0.4 is 4.90 Å². The largest absolute Gasteiger partial charge is 0.394 e. The van der Waals surface area contributed by atoms with Gasteiger partial charge in [0, 0.05) is 14.1 Å². The summed E-state index contributed by atoms with van der Waals surface area (Å²) in [6.45, 7) is -0.376. The maximum atomic E-state index is 10.1. The van der Waals surface area contributed by atoms with Crippen molar-refractivity contribution in [2.75, 3.05) is 25.6 Å². The van der Waals surface area contributed by atoms with Gasteiger partial charge in [0.15, 0.2) is 23.2 Å². The average molecular weight is 296 g/mol. The maximum absolute atomic E-state index is 10.1. The Morgan fingerprint density at radius 2 is 2.00 bits per heavy atom. The number of imidazole rings is 1. The predicted molar refractivity (Wildman–Crippen MR) is 72.7 cm³/mol. The molecular weight excluding hydrogens is 279 g/mol. The summed E-state index contributed by atoms with van der Waals surface area (Å²) >= 11 is 0. The number of nitrogens with zero attached hydrogens (tertiary/aromatic N) is 5. The molecule has 1 aliphatic rings. The van der Waals surface area contributed by atoms with Gasteiger partial charge < -0.3 is 25.0 Å². The second-order valence-electron chi connectivity index (χ2n) is 5.14. The van der Waals surface area contributed by atoms with Gasteiger partial charge in [0.1, 0.15) is 24.6 Å². The smallest absolute Gasteiger partial charge is 0.167 e. The molecule has 114 valence electrons. The van der Waals surface area contributed by atoms with Crippen molar-refractivity contribution in [3.05, 3.63) is 12.7 Å². The van der Waals surface area contributed by atoms with Gasteiger partial charge in [0.2, 0.25) is 0 Å². The van der Waals surface area contributed by atoms with Crippen LogP contribution in [0, 0.1) is 0 Å². The molecule has 3 heterocycles. The molecule has 2 aromatic rings. The number of anilines is 1. The summed E-state index contributed by atoms with van der Waals surface area (Å²) in [5.74, 6) is 0.644. The molecule has 2 aromatic heterocycles. The second-order valence-corrected chi connectivity index (χ2v) is 5.14. The minimum absolute atomic E-state index is 0.376. The fourth-order valence-corrected chi connectivity index (χ4v) is 2.46. The molecule has 0 aromatic carbocycles. The lowest BCUT2D eigenvalue weighted by molar-refractivity contribution is -0.0511. The van der Waals surface area contributed by atoms with Crippen molar-refractivity contribution in [3.63, 3.8) is 0 Å². The van der Waals surface area contributed by atoms with Crippen LogP contribution >= 0.6 is 0 Å². The number of rotatable bonds is 3. The lowest BCUT2D eigenvalue weighted by atomic mass is 10.2. The van der Waals surface area contributed by atoms with Gasteiger partial charge >= 0.3 is 0 Å². The molecule has 1 fully saturated rings. The third kappa shape index (κ3) is 2.14. The number of ether oxygens (including phenoxy) is 1. The quantitative estimate of drug-likeness (QED) is 0.586. The first-order chi connectivity index (χ1) is 10.0. The van der Waals surface area contributed by atoms with E-state index < -0.39 is 24.5 Å². The van der Waals surface area contributed by atoms with Crippen LogP contribution in [0.1, 0.15) is 6.23 Å². The molecule has 4 atom stereocenters. The van der Waals surface area contributed by atoms with E-state index in [4.69, 9.17) is 9.84 Å². The zero-order valence-corrected chi connectivity index (χ0v) is 11.7. The van der Waals surface area contributed by atoms with Crippen molar-refractivity contribution in [2.45, 2.75) is 24.5 Å². The Balaban J connectivity index is 2.04. The molecule has 3 N–H and O–H groups in total. The molecule has 1 aliphatic heterocycles. The van der Waals surface area contributed by atoms with Gasteiger partial charge in [0.25, 0.3) is 0 Å². The van der Waals surface area contributed by atoms with E-state index in [-0.39, 0.29) is 6.61 Å². The van der Waals surface area contributed by atoms with E-state index in [0.29, 0.717) is 17.0 Å². The molecule has 0 aliphatic carbocycles. The first-order valence-electron chi connectivity index (χ1n) is 6.52. The van der Waals surface area contributed by atoms with Crippen LogP contribution in [-0.2, 0) is 4.74 Å². The van der Waals surface area contributed by atoms with Crippen LogP contribution in [0.25, 0.3) is 11.2 Å². The second kappa shape index (κ2) is 5.19. The fraction of sp³-hybridized carbons (Fsp3) is 0.583. The number of aromatic nitrogens is 4. The standard InChI is InChI=1S/C12H17N5O4/c1-16(2)10-7-11(14-4-13-10)17(5-15-7)12-9(20)8(19)6(3-18)21-12/h4-6,8-9,12,18-20H,3H2,1-2H3/t6-,8-,9-,12-/m1/s1/i3+1. The number of aliphatic hydroxyl groups excluding tert-OH is 3. The zero-order valence-electron chi connectivity index (χ0n) is 11.7. The SMILES string of the molecule is CN(C)c1ncnc2c1ncn2[C@@H]1O[C@H]([13CH2]O)[C@@H](O)[C@H]1O. The molecule has 9 heteroatoms. The topological polar surface area (TPSA) is 117 Å². The van der Waals surface area contributed by atoms with Crippen LogP contribution in [-0.4, -0.2) is 73.9 Å². The van der Waals surface area contributed by atoms with E-state index in [1.807, 2.05) is 14.1 Å². The van der Waals surface area contributed by atoms with E-state index in [2.05, 4.69) is 15.0 Å². The molecule has 0 unspecified atom stereocenters. The highest BCUT2D eigenvalue weighted by molar-refractivity contribution is 5.83. The summed E-state index contributed by atoms with van der Waals surface area (Å²) < 4.78 is 7.02. The van der Waals surface area contributed by atoms with Crippen LogP contribution in [0.4, 0.5) is 5.82 Å². The average Bonchev–Trinajstić information content (AvgIpc) is 3.01. The van der Waals surface area contributed by atoms with E-state index >= 15 is 0 Å². The van der Waals surface area contributed by atoms with Crippen LogP contribution in [0.5, 0.6) is 0 Å². The first kappa shape index (κ1) is 14.1. The van der Waals surface area contributed by atoms with Crippen molar-refractivity contribution < 1.29 is 20.1 Å². The Kier molecular flexibility index (Phi) is 3.49. The molecule has 0 amide bonds. The third-order valence-electron chi connectivity index (χ3n) is 3.55. The third-order valence-corrected chi connectivity index (χ3v) is 3.55. The van der Waals surface area contributed by atoms with Gasteiger partial charge in [-0.2, -0.15) is 0 Å². The molecule has 0 radical (unpaired) electrons. The Hall–Kier alpha value is -1.81. The molecular formula is C12H17N5O4. The van der Waals surface area contributed by atoms with Gasteiger partial charge in [0.05, 0.1) is 12.9 Å².